The van der Waals surface area contributed by atoms with E-state index in [0.717, 1.165) is 54.1 Å². The van der Waals surface area contributed by atoms with Crippen LogP contribution in [0.5, 0.6) is 11.5 Å². The van der Waals surface area contributed by atoms with Crippen molar-refractivity contribution in [3.8, 4) is 11.5 Å². The maximum absolute atomic E-state index is 12.6. The van der Waals surface area contributed by atoms with Gasteiger partial charge in [-0.25, -0.2) is 0 Å². The third-order valence-electron chi connectivity index (χ3n) is 5.80. The van der Waals surface area contributed by atoms with Crippen molar-refractivity contribution in [2.75, 3.05) is 39.2 Å². The minimum absolute atomic E-state index is 0.0443. The summed E-state index contributed by atoms with van der Waals surface area (Å²) < 4.78 is 10.9. The van der Waals surface area contributed by atoms with Crippen LogP contribution in [0.1, 0.15) is 36.9 Å². The number of ether oxygens (including phenoxy) is 2. The van der Waals surface area contributed by atoms with Crippen LogP contribution in [-0.2, 0) is 16.0 Å². The van der Waals surface area contributed by atoms with Crippen LogP contribution >= 0.6 is 0 Å². The van der Waals surface area contributed by atoms with Gasteiger partial charge in [-0.1, -0.05) is 25.1 Å². The molecule has 1 heterocycles. The fraction of sp³-hybridized carbons (Fsp3) is 0.417. The Kier molecular flexibility index (Phi) is 7.89. The van der Waals surface area contributed by atoms with Gasteiger partial charge < -0.3 is 25.0 Å². The Hall–Kier alpha value is -3.06. The van der Waals surface area contributed by atoms with E-state index in [0.29, 0.717) is 6.54 Å². The maximum Gasteiger partial charge on any atom is 0.275 e. The molecule has 1 saturated heterocycles. The zero-order chi connectivity index (χ0) is 22.2. The van der Waals surface area contributed by atoms with Crippen LogP contribution in [0.3, 0.4) is 0 Å². The molecule has 31 heavy (non-hydrogen) atoms. The number of benzene rings is 2. The Morgan fingerprint density at radius 1 is 1.10 bits per heavy atom. The largest absolute Gasteiger partial charge is 0.497 e. The topological polar surface area (TPSA) is 81.1 Å². The second kappa shape index (κ2) is 10.8. The van der Waals surface area contributed by atoms with E-state index in [1.54, 1.807) is 14.2 Å². The number of hydrogen-bond acceptors (Lipinski definition) is 4. The van der Waals surface area contributed by atoms with Gasteiger partial charge in [0.05, 0.1) is 32.9 Å². The average molecular weight is 427 g/mol. The number of quaternary nitrogens is 1. The van der Waals surface area contributed by atoms with Crippen molar-refractivity contribution in [3.63, 3.8) is 0 Å². The second-order valence-corrected chi connectivity index (χ2v) is 7.72. The van der Waals surface area contributed by atoms with Crippen LogP contribution in [0.4, 0.5) is 5.69 Å². The molecule has 3 rings (SSSR count). The minimum Gasteiger partial charge on any atom is -0.497 e. The van der Waals surface area contributed by atoms with E-state index in [4.69, 9.17) is 9.47 Å². The number of methoxy groups -OCH3 is 2. The van der Waals surface area contributed by atoms with Gasteiger partial charge in [-0.15, -0.1) is 0 Å². The molecule has 1 aliphatic rings. The molecular weight excluding hydrogens is 394 g/mol. The molecule has 0 aromatic heterocycles. The zero-order valence-corrected chi connectivity index (χ0v) is 18.5. The van der Waals surface area contributed by atoms with Crippen molar-refractivity contribution in [3.05, 3.63) is 53.6 Å². The van der Waals surface area contributed by atoms with Gasteiger partial charge in [0, 0.05) is 18.5 Å². The lowest BCUT2D eigenvalue weighted by Gasteiger charge is -2.23. The SMILES string of the molecule is CCc1ccccc1NC(=O)CNC(=O)C[NH+]1CCC[C@H]1c1cc(OC)ccc1OC. The van der Waals surface area contributed by atoms with Crippen LogP contribution in [0.15, 0.2) is 42.5 Å². The predicted molar refractivity (Wildman–Crippen MR) is 120 cm³/mol. The van der Waals surface area contributed by atoms with Crippen molar-refractivity contribution in [1.82, 2.24) is 5.32 Å². The van der Waals surface area contributed by atoms with E-state index < -0.39 is 0 Å². The number of rotatable bonds is 9. The normalized spacial score (nSPS) is 17.8. The highest BCUT2D eigenvalue weighted by molar-refractivity contribution is 5.95. The highest BCUT2D eigenvalue weighted by atomic mass is 16.5. The number of aryl methyl sites for hydroxylation is 1. The summed E-state index contributed by atoms with van der Waals surface area (Å²) in [5.74, 6) is 1.22. The summed E-state index contributed by atoms with van der Waals surface area (Å²) in [5, 5.41) is 5.64. The standard InChI is InChI=1S/C24H31N3O4/c1-4-17-8-5-6-9-20(17)26-23(28)15-25-24(29)16-27-13-7-10-21(27)19-14-18(30-2)11-12-22(19)31-3/h5-6,8-9,11-12,14,21H,4,7,10,13,15-16H2,1-3H3,(H,25,29)(H,26,28)/p+1/t21-/m0/s1. The average Bonchev–Trinajstić information content (AvgIpc) is 3.25. The van der Waals surface area contributed by atoms with Crippen LogP contribution in [0.25, 0.3) is 0 Å². The lowest BCUT2D eigenvalue weighted by atomic mass is 10.0. The van der Waals surface area contributed by atoms with Crippen LogP contribution in [0.2, 0.25) is 0 Å². The molecule has 1 fully saturated rings. The Morgan fingerprint density at radius 3 is 2.65 bits per heavy atom. The molecule has 0 saturated carbocycles. The third-order valence-corrected chi connectivity index (χ3v) is 5.80. The number of nitrogens with one attached hydrogen (secondary N) is 3. The van der Waals surface area contributed by atoms with Crippen molar-refractivity contribution < 1.29 is 24.0 Å². The molecule has 1 unspecified atom stereocenters. The van der Waals surface area contributed by atoms with E-state index in [1.165, 1.54) is 4.90 Å². The summed E-state index contributed by atoms with van der Waals surface area (Å²) in [6.45, 7) is 3.20. The quantitative estimate of drug-likeness (QED) is 0.571. The molecular formula is C24H32N3O4+. The van der Waals surface area contributed by atoms with E-state index >= 15 is 0 Å². The van der Waals surface area contributed by atoms with Crippen LogP contribution in [0, 0.1) is 0 Å². The number of hydrogen-bond donors (Lipinski definition) is 3. The van der Waals surface area contributed by atoms with Crippen LogP contribution in [-0.4, -0.2) is 45.7 Å². The van der Waals surface area contributed by atoms with Gasteiger partial charge in [0.15, 0.2) is 6.54 Å². The van der Waals surface area contributed by atoms with Gasteiger partial charge in [0.25, 0.3) is 5.91 Å². The lowest BCUT2D eigenvalue weighted by molar-refractivity contribution is -0.910. The minimum atomic E-state index is -0.225. The molecule has 0 bridgehead atoms. The van der Waals surface area contributed by atoms with Gasteiger partial charge in [-0.05, 0) is 36.2 Å². The Labute approximate surface area is 183 Å². The predicted octanol–water partition coefficient (Wildman–Crippen LogP) is 1.74. The van der Waals surface area contributed by atoms with Gasteiger partial charge in [-0.3, -0.25) is 9.59 Å². The lowest BCUT2D eigenvalue weighted by Crippen LogP contribution is -3.11. The summed E-state index contributed by atoms with van der Waals surface area (Å²) in [7, 11) is 3.30. The third kappa shape index (κ3) is 5.76. The van der Waals surface area contributed by atoms with Crippen molar-refractivity contribution >= 4 is 17.5 Å². The second-order valence-electron chi connectivity index (χ2n) is 7.72. The first-order chi connectivity index (χ1) is 15.0. The van der Waals surface area contributed by atoms with E-state index in [1.807, 2.05) is 49.4 Å². The molecule has 3 N–H and O–H groups in total. The highest BCUT2D eigenvalue weighted by Gasteiger charge is 2.34. The van der Waals surface area contributed by atoms with Gasteiger partial charge >= 0.3 is 0 Å². The monoisotopic (exact) mass is 426 g/mol. The van der Waals surface area contributed by atoms with Crippen molar-refractivity contribution in [2.24, 2.45) is 0 Å². The number of anilines is 1. The van der Waals surface area contributed by atoms with Gasteiger partial charge in [-0.2, -0.15) is 0 Å². The molecule has 2 aromatic carbocycles. The number of likely N-dealkylation sites (tertiary alicyclic amines) is 1. The smallest absolute Gasteiger partial charge is 0.275 e. The first kappa shape index (κ1) is 22.6. The Morgan fingerprint density at radius 2 is 1.90 bits per heavy atom. The molecule has 2 amide bonds. The number of amides is 2. The van der Waals surface area contributed by atoms with E-state index in [2.05, 4.69) is 10.6 Å². The fourth-order valence-electron chi connectivity index (χ4n) is 4.20. The van der Waals surface area contributed by atoms with E-state index in [9.17, 15) is 9.59 Å². The molecule has 7 nitrogen and oxygen atoms in total. The summed E-state index contributed by atoms with van der Waals surface area (Å²) >= 11 is 0. The highest BCUT2D eigenvalue weighted by Crippen LogP contribution is 2.31. The van der Waals surface area contributed by atoms with Gasteiger partial charge in [0.2, 0.25) is 5.91 Å². The number of para-hydroxylation sites is 1. The number of carbonyl (C=O) groups is 2. The summed E-state index contributed by atoms with van der Waals surface area (Å²) in [6, 6.07) is 13.6. The van der Waals surface area contributed by atoms with Crippen molar-refractivity contribution in [2.45, 2.75) is 32.2 Å². The number of carbonyl (C=O) groups excluding carboxylic acids is 2. The molecule has 7 heteroatoms. The van der Waals surface area contributed by atoms with Crippen LogP contribution < -0.4 is 25.0 Å². The molecule has 0 aliphatic carbocycles. The summed E-state index contributed by atoms with van der Waals surface area (Å²) in [5.41, 5.74) is 2.91. The van der Waals surface area contributed by atoms with Gasteiger partial charge in [0.1, 0.15) is 17.5 Å². The molecule has 0 radical (unpaired) electrons. The maximum atomic E-state index is 12.6. The Bertz CT molecular complexity index is 915. The summed E-state index contributed by atoms with van der Waals surface area (Å²) in [6.07, 6.45) is 2.83. The molecule has 1 aliphatic heterocycles. The van der Waals surface area contributed by atoms with Crippen molar-refractivity contribution in [1.29, 1.82) is 0 Å². The first-order valence-electron chi connectivity index (χ1n) is 10.8. The molecule has 2 aromatic rings. The first-order valence-corrected chi connectivity index (χ1v) is 10.8. The molecule has 2 atom stereocenters. The molecule has 0 spiro atoms. The summed E-state index contributed by atoms with van der Waals surface area (Å²) in [4.78, 5) is 26.0. The Balaban J connectivity index is 1.57. The molecule has 166 valence electrons. The zero-order valence-electron chi connectivity index (χ0n) is 18.5. The van der Waals surface area contributed by atoms with E-state index in [-0.39, 0.29) is 24.4 Å². The fourth-order valence-corrected chi connectivity index (χ4v) is 4.20.